The topological polar surface area (TPSA) is 61.4 Å². The van der Waals surface area contributed by atoms with Crippen LogP contribution >= 0.6 is 24.2 Å². The van der Waals surface area contributed by atoms with Gasteiger partial charge in [0, 0.05) is 17.0 Å². The summed E-state index contributed by atoms with van der Waals surface area (Å²) < 4.78 is 0. The predicted molar refractivity (Wildman–Crippen MR) is 95.4 cm³/mol. The van der Waals surface area contributed by atoms with Crippen molar-refractivity contribution < 1.29 is 9.59 Å². The zero-order valence-electron chi connectivity index (χ0n) is 13.1. The molecular formula is C16H22ClN3O2S. The van der Waals surface area contributed by atoms with E-state index in [0.29, 0.717) is 5.75 Å². The van der Waals surface area contributed by atoms with Crippen molar-refractivity contribution in [2.24, 2.45) is 0 Å². The van der Waals surface area contributed by atoms with Crippen molar-refractivity contribution in [3.05, 3.63) is 24.3 Å². The standard InChI is InChI=1S/C16H21N3O2S.ClH/c1-11-12(5-4-8-17-11)18-15(20)9-19-13-6-2-3-7-14(13)22-10-16(19)21;/h2-3,6-7,11-12,17H,4-5,8-10H2,1H3,(H,18,20);1H. The van der Waals surface area contributed by atoms with Crippen molar-refractivity contribution in [2.45, 2.75) is 36.7 Å². The summed E-state index contributed by atoms with van der Waals surface area (Å²) in [6, 6.07) is 8.16. The van der Waals surface area contributed by atoms with E-state index >= 15 is 0 Å². The van der Waals surface area contributed by atoms with Gasteiger partial charge in [-0.25, -0.2) is 0 Å². The third-order valence-corrected chi connectivity index (χ3v) is 5.27. The average molecular weight is 356 g/mol. The number of carbonyl (C=O) groups is 2. The number of thioether (sulfide) groups is 1. The van der Waals surface area contributed by atoms with Crippen LogP contribution in [0.5, 0.6) is 0 Å². The number of hydrogen-bond donors (Lipinski definition) is 2. The number of benzene rings is 1. The highest BCUT2D eigenvalue weighted by atomic mass is 35.5. The van der Waals surface area contributed by atoms with Gasteiger partial charge in [-0.3, -0.25) is 9.59 Å². The van der Waals surface area contributed by atoms with E-state index in [4.69, 9.17) is 0 Å². The van der Waals surface area contributed by atoms with E-state index in [-0.39, 0.29) is 42.8 Å². The molecule has 2 unspecified atom stereocenters. The van der Waals surface area contributed by atoms with Crippen molar-refractivity contribution in [1.82, 2.24) is 10.6 Å². The monoisotopic (exact) mass is 355 g/mol. The van der Waals surface area contributed by atoms with E-state index in [2.05, 4.69) is 17.6 Å². The molecule has 5 nitrogen and oxygen atoms in total. The lowest BCUT2D eigenvalue weighted by Gasteiger charge is -2.32. The summed E-state index contributed by atoms with van der Waals surface area (Å²) >= 11 is 1.53. The Morgan fingerprint density at radius 1 is 1.43 bits per heavy atom. The summed E-state index contributed by atoms with van der Waals surface area (Å²) in [6.07, 6.45) is 2.05. The van der Waals surface area contributed by atoms with E-state index in [0.717, 1.165) is 30.0 Å². The Kier molecular flexibility index (Phi) is 6.33. The molecule has 1 aromatic carbocycles. The third kappa shape index (κ3) is 4.19. The highest BCUT2D eigenvalue weighted by molar-refractivity contribution is 8.00. The van der Waals surface area contributed by atoms with Crippen LogP contribution in [0, 0.1) is 0 Å². The van der Waals surface area contributed by atoms with Crippen molar-refractivity contribution in [3.8, 4) is 0 Å². The van der Waals surface area contributed by atoms with Crippen LogP contribution in [0.2, 0.25) is 0 Å². The molecule has 0 spiro atoms. The zero-order chi connectivity index (χ0) is 15.5. The van der Waals surface area contributed by atoms with E-state index in [1.54, 1.807) is 4.90 Å². The quantitative estimate of drug-likeness (QED) is 0.868. The van der Waals surface area contributed by atoms with E-state index in [1.807, 2.05) is 24.3 Å². The first-order chi connectivity index (χ1) is 10.6. The maximum absolute atomic E-state index is 12.3. The summed E-state index contributed by atoms with van der Waals surface area (Å²) in [7, 11) is 0. The zero-order valence-corrected chi connectivity index (χ0v) is 14.7. The Hall–Kier alpha value is -1.24. The van der Waals surface area contributed by atoms with E-state index in [9.17, 15) is 9.59 Å². The number of nitrogens with one attached hydrogen (secondary N) is 2. The molecule has 1 aromatic rings. The highest BCUT2D eigenvalue weighted by Gasteiger charge is 2.28. The molecule has 0 saturated carbocycles. The van der Waals surface area contributed by atoms with Crippen LogP contribution in [0.4, 0.5) is 5.69 Å². The van der Waals surface area contributed by atoms with Crippen LogP contribution in [-0.2, 0) is 9.59 Å². The number of halogens is 1. The first-order valence-electron chi connectivity index (χ1n) is 7.70. The van der Waals surface area contributed by atoms with Crippen molar-refractivity contribution in [3.63, 3.8) is 0 Å². The van der Waals surface area contributed by atoms with Crippen LogP contribution in [0.15, 0.2) is 29.2 Å². The van der Waals surface area contributed by atoms with Gasteiger partial charge in [-0.2, -0.15) is 0 Å². The van der Waals surface area contributed by atoms with Gasteiger partial charge in [0.15, 0.2) is 0 Å². The molecular weight excluding hydrogens is 334 g/mol. The van der Waals surface area contributed by atoms with Crippen LogP contribution in [0.3, 0.4) is 0 Å². The van der Waals surface area contributed by atoms with Crippen molar-refractivity contribution in [1.29, 1.82) is 0 Å². The highest BCUT2D eigenvalue weighted by Crippen LogP contribution is 2.34. The number of carbonyl (C=O) groups excluding carboxylic acids is 2. The largest absolute Gasteiger partial charge is 0.350 e. The lowest BCUT2D eigenvalue weighted by molar-refractivity contribution is -0.123. The lowest BCUT2D eigenvalue weighted by Crippen LogP contribution is -2.54. The molecule has 23 heavy (non-hydrogen) atoms. The number of hydrogen-bond acceptors (Lipinski definition) is 4. The minimum Gasteiger partial charge on any atom is -0.350 e. The Balaban J connectivity index is 0.00000192. The number of anilines is 1. The van der Waals surface area contributed by atoms with Gasteiger partial charge in [0.25, 0.3) is 0 Å². The molecule has 2 heterocycles. The molecule has 3 rings (SSSR count). The summed E-state index contributed by atoms with van der Waals surface area (Å²) in [5, 5.41) is 6.43. The predicted octanol–water partition coefficient (Wildman–Crippen LogP) is 1.80. The lowest BCUT2D eigenvalue weighted by atomic mass is 10.00. The smallest absolute Gasteiger partial charge is 0.240 e. The van der Waals surface area contributed by atoms with Crippen LogP contribution in [0.25, 0.3) is 0 Å². The molecule has 7 heteroatoms. The minimum atomic E-state index is -0.0874. The van der Waals surface area contributed by atoms with Gasteiger partial charge < -0.3 is 15.5 Å². The van der Waals surface area contributed by atoms with Gasteiger partial charge >= 0.3 is 0 Å². The fourth-order valence-electron chi connectivity index (χ4n) is 2.96. The first kappa shape index (κ1) is 18.1. The molecule has 2 amide bonds. The van der Waals surface area contributed by atoms with Gasteiger partial charge in [0.05, 0.1) is 11.4 Å². The Bertz CT molecular complexity index is 584. The second-order valence-corrected chi connectivity index (χ2v) is 6.81. The minimum absolute atomic E-state index is 0. The van der Waals surface area contributed by atoms with Gasteiger partial charge in [-0.05, 0) is 38.4 Å². The van der Waals surface area contributed by atoms with Gasteiger partial charge in [0.1, 0.15) is 6.54 Å². The molecule has 0 bridgehead atoms. The molecule has 2 aliphatic rings. The van der Waals surface area contributed by atoms with Crippen LogP contribution in [0.1, 0.15) is 19.8 Å². The Labute approximate surface area is 147 Å². The van der Waals surface area contributed by atoms with Gasteiger partial charge in [-0.15, -0.1) is 24.2 Å². The molecule has 1 fully saturated rings. The molecule has 0 aromatic heterocycles. The second-order valence-electron chi connectivity index (χ2n) is 5.80. The first-order valence-corrected chi connectivity index (χ1v) is 8.68. The molecule has 2 N–H and O–H groups in total. The SMILES string of the molecule is CC1NCCCC1NC(=O)CN1C(=O)CSc2ccccc21.Cl. The number of para-hydroxylation sites is 1. The normalized spacial score (nSPS) is 23.7. The fraction of sp³-hybridized carbons (Fsp3) is 0.500. The number of amides is 2. The van der Waals surface area contributed by atoms with Gasteiger partial charge in [-0.1, -0.05) is 12.1 Å². The van der Waals surface area contributed by atoms with E-state index in [1.165, 1.54) is 11.8 Å². The molecule has 1 saturated heterocycles. The Morgan fingerprint density at radius 2 is 2.22 bits per heavy atom. The second kappa shape index (κ2) is 8.04. The Morgan fingerprint density at radius 3 is 3.00 bits per heavy atom. The fourth-order valence-corrected chi connectivity index (χ4v) is 3.90. The molecule has 0 aliphatic carbocycles. The van der Waals surface area contributed by atoms with Crippen molar-refractivity contribution >= 4 is 41.7 Å². The van der Waals surface area contributed by atoms with Crippen LogP contribution in [-0.4, -0.2) is 42.7 Å². The number of fused-ring (bicyclic) bond motifs is 1. The summed E-state index contributed by atoms with van der Waals surface area (Å²) in [4.78, 5) is 27.2. The van der Waals surface area contributed by atoms with Gasteiger partial charge in [0.2, 0.25) is 11.8 Å². The molecule has 2 aliphatic heterocycles. The molecule has 126 valence electrons. The molecule has 2 atom stereocenters. The average Bonchev–Trinajstić information content (AvgIpc) is 2.52. The number of piperidine rings is 1. The summed E-state index contributed by atoms with van der Waals surface area (Å²) in [5.74, 6) is 0.301. The maximum atomic E-state index is 12.3. The third-order valence-electron chi connectivity index (χ3n) is 4.22. The molecule has 0 radical (unpaired) electrons. The van der Waals surface area contributed by atoms with Crippen LogP contribution < -0.4 is 15.5 Å². The summed E-state index contributed by atoms with van der Waals surface area (Å²) in [6.45, 7) is 3.18. The number of nitrogens with zero attached hydrogens (tertiary/aromatic N) is 1. The number of rotatable bonds is 3. The maximum Gasteiger partial charge on any atom is 0.240 e. The van der Waals surface area contributed by atoms with E-state index < -0.39 is 0 Å². The van der Waals surface area contributed by atoms with Crippen molar-refractivity contribution in [2.75, 3.05) is 23.7 Å². The summed E-state index contributed by atoms with van der Waals surface area (Å²) in [5.41, 5.74) is 0.841.